The molecule has 0 unspecified atom stereocenters. The van der Waals surface area contributed by atoms with Gasteiger partial charge < -0.3 is 9.80 Å². The first-order chi connectivity index (χ1) is 13.5. The van der Waals surface area contributed by atoms with E-state index in [9.17, 15) is 4.79 Å². The van der Waals surface area contributed by atoms with Crippen molar-refractivity contribution in [3.63, 3.8) is 0 Å². The Bertz CT molecular complexity index is 1030. The van der Waals surface area contributed by atoms with E-state index >= 15 is 0 Å². The summed E-state index contributed by atoms with van der Waals surface area (Å²) in [6, 6.07) is 16.2. The standard InChI is InChI=1S/C22H23BrN4O/c1-15-21(16(2)27(24-15)19-10-8-18(23)9-11-19)22(28)26-13-12-25(3)20-7-5-4-6-17(20)14-26/h4-11H,12-14H2,1-3H3. The molecule has 28 heavy (non-hydrogen) atoms. The third-order valence-electron chi connectivity index (χ3n) is 5.33. The van der Waals surface area contributed by atoms with E-state index in [0.717, 1.165) is 28.1 Å². The van der Waals surface area contributed by atoms with Crippen LogP contribution in [-0.4, -0.2) is 40.7 Å². The van der Waals surface area contributed by atoms with Crippen LogP contribution in [0.15, 0.2) is 53.0 Å². The Hall–Kier alpha value is -2.60. The number of hydrogen-bond acceptors (Lipinski definition) is 3. The minimum Gasteiger partial charge on any atom is -0.373 e. The van der Waals surface area contributed by atoms with Crippen LogP contribution in [0.3, 0.4) is 0 Å². The van der Waals surface area contributed by atoms with Gasteiger partial charge in [-0.25, -0.2) is 4.68 Å². The summed E-state index contributed by atoms with van der Waals surface area (Å²) < 4.78 is 2.87. The molecular formula is C22H23BrN4O. The van der Waals surface area contributed by atoms with Gasteiger partial charge in [-0.1, -0.05) is 34.1 Å². The largest absolute Gasteiger partial charge is 0.373 e. The van der Waals surface area contributed by atoms with Crippen LogP contribution in [0.4, 0.5) is 5.69 Å². The maximum atomic E-state index is 13.5. The van der Waals surface area contributed by atoms with Gasteiger partial charge in [-0.15, -0.1) is 0 Å². The number of aryl methyl sites for hydroxylation is 1. The Morgan fingerprint density at radius 1 is 1.04 bits per heavy atom. The van der Waals surface area contributed by atoms with Gasteiger partial charge in [-0.3, -0.25) is 4.79 Å². The van der Waals surface area contributed by atoms with Gasteiger partial charge in [0.25, 0.3) is 5.91 Å². The maximum absolute atomic E-state index is 13.5. The van der Waals surface area contributed by atoms with E-state index in [1.807, 2.05) is 59.8 Å². The number of hydrogen-bond donors (Lipinski definition) is 0. The molecule has 1 aromatic heterocycles. The van der Waals surface area contributed by atoms with Crippen molar-refractivity contribution in [2.24, 2.45) is 0 Å². The molecule has 144 valence electrons. The molecular weight excluding hydrogens is 416 g/mol. The summed E-state index contributed by atoms with van der Waals surface area (Å²) in [7, 11) is 2.08. The number of carbonyl (C=O) groups excluding carboxylic acids is 1. The molecule has 0 fully saturated rings. The van der Waals surface area contributed by atoms with Crippen LogP contribution in [0.2, 0.25) is 0 Å². The number of anilines is 1. The van der Waals surface area contributed by atoms with E-state index in [-0.39, 0.29) is 5.91 Å². The number of para-hydroxylation sites is 1. The van der Waals surface area contributed by atoms with Gasteiger partial charge in [0.05, 0.1) is 22.6 Å². The highest BCUT2D eigenvalue weighted by Gasteiger charge is 2.27. The number of likely N-dealkylation sites (N-methyl/N-ethyl adjacent to an activating group) is 1. The lowest BCUT2D eigenvalue weighted by Crippen LogP contribution is -2.34. The minimum absolute atomic E-state index is 0.0449. The van der Waals surface area contributed by atoms with E-state index in [0.29, 0.717) is 18.7 Å². The van der Waals surface area contributed by atoms with Gasteiger partial charge in [-0.05, 0) is 49.7 Å². The number of fused-ring (bicyclic) bond motifs is 1. The van der Waals surface area contributed by atoms with E-state index in [4.69, 9.17) is 0 Å². The van der Waals surface area contributed by atoms with Gasteiger partial charge >= 0.3 is 0 Å². The van der Waals surface area contributed by atoms with Gasteiger partial charge in [0.1, 0.15) is 0 Å². The maximum Gasteiger partial charge on any atom is 0.257 e. The molecule has 2 heterocycles. The molecule has 4 rings (SSSR count). The number of carbonyl (C=O) groups is 1. The molecule has 0 bridgehead atoms. The number of nitrogens with zero attached hydrogens (tertiary/aromatic N) is 4. The summed E-state index contributed by atoms with van der Waals surface area (Å²) in [5.41, 5.74) is 5.64. The van der Waals surface area contributed by atoms with Gasteiger partial charge in [0.2, 0.25) is 0 Å². The van der Waals surface area contributed by atoms with Crippen molar-refractivity contribution in [2.45, 2.75) is 20.4 Å². The molecule has 0 saturated heterocycles. The average molecular weight is 439 g/mol. The summed E-state index contributed by atoms with van der Waals surface area (Å²) in [5, 5.41) is 4.65. The van der Waals surface area contributed by atoms with Crippen molar-refractivity contribution in [1.82, 2.24) is 14.7 Å². The second-order valence-corrected chi connectivity index (χ2v) is 8.13. The van der Waals surface area contributed by atoms with Crippen molar-refractivity contribution >= 4 is 27.5 Å². The van der Waals surface area contributed by atoms with Crippen molar-refractivity contribution in [3.8, 4) is 5.69 Å². The van der Waals surface area contributed by atoms with Crippen molar-refractivity contribution in [1.29, 1.82) is 0 Å². The lowest BCUT2D eigenvalue weighted by atomic mass is 10.1. The SMILES string of the molecule is Cc1nn(-c2ccc(Br)cc2)c(C)c1C(=O)N1CCN(C)c2ccccc2C1. The molecule has 3 aromatic rings. The molecule has 2 aromatic carbocycles. The lowest BCUT2D eigenvalue weighted by molar-refractivity contribution is 0.0750. The Morgan fingerprint density at radius 2 is 1.75 bits per heavy atom. The van der Waals surface area contributed by atoms with E-state index in [2.05, 4.69) is 45.1 Å². The number of halogens is 1. The van der Waals surface area contributed by atoms with Crippen LogP contribution in [0, 0.1) is 13.8 Å². The molecule has 6 heteroatoms. The van der Waals surface area contributed by atoms with E-state index < -0.39 is 0 Å². The third kappa shape index (κ3) is 3.33. The summed E-state index contributed by atoms with van der Waals surface area (Å²) in [5.74, 6) is 0.0449. The normalized spacial score (nSPS) is 14.0. The highest BCUT2D eigenvalue weighted by molar-refractivity contribution is 9.10. The van der Waals surface area contributed by atoms with Crippen LogP contribution >= 0.6 is 15.9 Å². The Morgan fingerprint density at radius 3 is 2.50 bits per heavy atom. The summed E-state index contributed by atoms with van der Waals surface area (Å²) in [4.78, 5) is 17.6. The van der Waals surface area contributed by atoms with Crippen LogP contribution in [-0.2, 0) is 6.54 Å². The Labute approximate surface area is 173 Å². The van der Waals surface area contributed by atoms with Crippen LogP contribution in [0.5, 0.6) is 0 Å². The van der Waals surface area contributed by atoms with Gasteiger partial charge in [-0.2, -0.15) is 5.10 Å². The molecule has 5 nitrogen and oxygen atoms in total. The quantitative estimate of drug-likeness (QED) is 0.597. The van der Waals surface area contributed by atoms with E-state index in [1.165, 1.54) is 11.3 Å². The highest BCUT2D eigenvalue weighted by Crippen LogP contribution is 2.26. The predicted molar refractivity (Wildman–Crippen MR) is 115 cm³/mol. The number of amides is 1. The smallest absolute Gasteiger partial charge is 0.257 e. The highest BCUT2D eigenvalue weighted by atomic mass is 79.9. The monoisotopic (exact) mass is 438 g/mol. The van der Waals surface area contributed by atoms with Crippen LogP contribution < -0.4 is 4.90 Å². The Balaban J connectivity index is 1.68. The molecule has 0 atom stereocenters. The summed E-state index contributed by atoms with van der Waals surface area (Å²) in [6.45, 7) is 5.98. The molecule has 0 saturated carbocycles. The average Bonchev–Trinajstić information content (AvgIpc) is 2.88. The third-order valence-corrected chi connectivity index (χ3v) is 5.86. The minimum atomic E-state index is 0.0449. The first-order valence-electron chi connectivity index (χ1n) is 9.36. The second kappa shape index (κ2) is 7.43. The zero-order chi connectivity index (χ0) is 19.8. The Kier molecular flexibility index (Phi) is 4.98. The molecule has 1 aliphatic heterocycles. The summed E-state index contributed by atoms with van der Waals surface area (Å²) >= 11 is 3.46. The fourth-order valence-electron chi connectivity index (χ4n) is 3.81. The van der Waals surface area contributed by atoms with Gasteiger partial charge in [0.15, 0.2) is 0 Å². The fourth-order valence-corrected chi connectivity index (χ4v) is 4.07. The second-order valence-electron chi connectivity index (χ2n) is 7.21. The number of aromatic nitrogens is 2. The first kappa shape index (κ1) is 18.7. The zero-order valence-electron chi connectivity index (χ0n) is 16.3. The molecule has 0 aliphatic carbocycles. The van der Waals surface area contributed by atoms with Crippen LogP contribution in [0.1, 0.15) is 27.3 Å². The van der Waals surface area contributed by atoms with Crippen molar-refractivity contribution in [2.75, 3.05) is 25.0 Å². The predicted octanol–water partition coefficient (Wildman–Crippen LogP) is 4.34. The van der Waals surface area contributed by atoms with Crippen molar-refractivity contribution in [3.05, 3.63) is 75.5 Å². The van der Waals surface area contributed by atoms with Gasteiger partial charge in [0, 0.05) is 36.8 Å². The molecule has 0 radical (unpaired) electrons. The molecule has 0 spiro atoms. The molecule has 0 N–H and O–H groups in total. The summed E-state index contributed by atoms with van der Waals surface area (Å²) in [6.07, 6.45) is 0. The zero-order valence-corrected chi connectivity index (χ0v) is 17.9. The molecule has 1 aliphatic rings. The first-order valence-corrected chi connectivity index (χ1v) is 10.2. The fraction of sp³-hybridized carbons (Fsp3) is 0.273. The van der Waals surface area contributed by atoms with Crippen molar-refractivity contribution < 1.29 is 4.79 Å². The topological polar surface area (TPSA) is 41.4 Å². The van der Waals surface area contributed by atoms with E-state index in [1.54, 1.807) is 0 Å². The number of rotatable bonds is 2. The molecule has 1 amide bonds. The van der Waals surface area contributed by atoms with Crippen LogP contribution in [0.25, 0.3) is 5.69 Å². The lowest BCUT2D eigenvalue weighted by Gasteiger charge is -2.21. The number of benzene rings is 2.